The lowest BCUT2D eigenvalue weighted by Gasteiger charge is -2.11. The molecule has 5 heteroatoms. The summed E-state index contributed by atoms with van der Waals surface area (Å²) >= 11 is 0. The summed E-state index contributed by atoms with van der Waals surface area (Å²) in [6.07, 6.45) is 0.750. The van der Waals surface area contributed by atoms with Gasteiger partial charge in [-0.15, -0.1) is 0 Å². The maximum absolute atomic E-state index is 10.6. The van der Waals surface area contributed by atoms with Crippen LogP contribution in [-0.2, 0) is 14.3 Å². The first kappa shape index (κ1) is 13.4. The normalized spacial score (nSPS) is 10.8. The second-order valence-corrected chi connectivity index (χ2v) is 2.40. The van der Waals surface area contributed by atoms with Crippen LogP contribution < -0.4 is 5.73 Å². The Morgan fingerprint density at radius 1 is 1.58 bits per heavy atom. The molecule has 0 spiro atoms. The van der Waals surface area contributed by atoms with Crippen molar-refractivity contribution in [1.82, 2.24) is 0 Å². The van der Waals surface area contributed by atoms with E-state index >= 15 is 0 Å². The second-order valence-electron chi connectivity index (χ2n) is 2.40. The molecule has 70 valence electrons. The summed E-state index contributed by atoms with van der Waals surface area (Å²) in [4.78, 5) is 19.0. The van der Waals surface area contributed by atoms with Gasteiger partial charge >= 0.3 is 5.97 Å². The fourth-order valence-electron chi connectivity index (χ4n) is 0.408. The third kappa shape index (κ3) is 6.92. The van der Waals surface area contributed by atoms with Crippen LogP contribution in [0.15, 0.2) is 0 Å². The first-order valence-electron chi connectivity index (χ1n) is 3.38. The van der Waals surface area contributed by atoms with Crippen molar-refractivity contribution in [2.24, 2.45) is 11.7 Å². The standard InChI is InChI=1S/C6H13NO2.CHNO/c1-4(2)5(7)6(8)9-3;2-1-3/h4-5H,7H2,1-3H3;2H. The van der Waals surface area contributed by atoms with Gasteiger partial charge in [0.25, 0.3) is 0 Å². The van der Waals surface area contributed by atoms with Crippen LogP contribution in [0.1, 0.15) is 13.8 Å². The molecule has 0 aliphatic rings. The van der Waals surface area contributed by atoms with Gasteiger partial charge in [0.2, 0.25) is 6.08 Å². The molecule has 1 atom stereocenters. The highest BCUT2D eigenvalue weighted by Crippen LogP contribution is 1.98. The minimum Gasteiger partial charge on any atom is -0.468 e. The molecule has 0 aromatic heterocycles. The number of nitrogens with two attached hydrogens (primary N) is 1. The van der Waals surface area contributed by atoms with Crippen LogP contribution in [0.4, 0.5) is 0 Å². The predicted molar refractivity (Wildman–Crippen MR) is 43.2 cm³/mol. The van der Waals surface area contributed by atoms with Gasteiger partial charge in [0.15, 0.2) is 0 Å². The number of carbonyl (C=O) groups excluding carboxylic acids is 2. The SMILES string of the molecule is COC(=O)C(N)C(C)C.N=C=O. The quantitative estimate of drug-likeness (QED) is 0.351. The van der Waals surface area contributed by atoms with Crippen LogP contribution in [0.3, 0.4) is 0 Å². The molecule has 0 saturated carbocycles. The summed E-state index contributed by atoms with van der Waals surface area (Å²) in [7, 11) is 1.34. The highest BCUT2D eigenvalue weighted by atomic mass is 16.5. The average molecular weight is 174 g/mol. The van der Waals surface area contributed by atoms with Gasteiger partial charge in [0.1, 0.15) is 6.04 Å². The van der Waals surface area contributed by atoms with E-state index in [2.05, 4.69) is 4.74 Å². The number of hydrogen-bond donors (Lipinski definition) is 2. The van der Waals surface area contributed by atoms with Crippen LogP contribution in [0, 0.1) is 11.3 Å². The number of isocyanates is 1. The maximum Gasteiger partial charge on any atom is 0.322 e. The zero-order valence-corrected chi connectivity index (χ0v) is 7.46. The Hall–Kier alpha value is -1.19. The van der Waals surface area contributed by atoms with E-state index in [1.165, 1.54) is 7.11 Å². The molecule has 12 heavy (non-hydrogen) atoms. The summed E-state index contributed by atoms with van der Waals surface area (Å²) in [6.45, 7) is 3.75. The minimum atomic E-state index is -0.477. The van der Waals surface area contributed by atoms with Crippen LogP contribution in [0.5, 0.6) is 0 Å². The summed E-state index contributed by atoms with van der Waals surface area (Å²) in [5.41, 5.74) is 5.40. The lowest BCUT2D eigenvalue weighted by atomic mass is 10.1. The van der Waals surface area contributed by atoms with Gasteiger partial charge in [-0.05, 0) is 5.92 Å². The lowest BCUT2D eigenvalue weighted by molar-refractivity contribution is -0.143. The summed E-state index contributed by atoms with van der Waals surface area (Å²) in [5, 5.41) is 5.40. The molecule has 0 aliphatic carbocycles. The van der Waals surface area contributed by atoms with Crippen molar-refractivity contribution in [1.29, 1.82) is 5.41 Å². The van der Waals surface area contributed by atoms with Crippen LogP contribution in [0.25, 0.3) is 0 Å². The van der Waals surface area contributed by atoms with Crippen molar-refractivity contribution in [3.63, 3.8) is 0 Å². The van der Waals surface area contributed by atoms with Gasteiger partial charge in [-0.25, -0.2) is 10.2 Å². The summed E-state index contributed by atoms with van der Waals surface area (Å²) in [5.74, 6) is -0.192. The molecule has 0 aliphatic heterocycles. The number of carbonyl (C=O) groups is 1. The Morgan fingerprint density at radius 3 is 2.00 bits per heavy atom. The van der Waals surface area contributed by atoms with Crippen molar-refractivity contribution < 1.29 is 14.3 Å². The summed E-state index contributed by atoms with van der Waals surface area (Å²) in [6, 6.07) is -0.477. The molecule has 3 N–H and O–H groups in total. The number of hydrogen-bond acceptors (Lipinski definition) is 5. The van der Waals surface area contributed by atoms with Crippen LogP contribution in [0.2, 0.25) is 0 Å². The van der Waals surface area contributed by atoms with E-state index in [0.29, 0.717) is 0 Å². The van der Waals surface area contributed by atoms with Gasteiger partial charge < -0.3 is 10.5 Å². The third-order valence-electron chi connectivity index (χ3n) is 1.19. The molecule has 0 heterocycles. The minimum absolute atomic E-state index is 0.150. The Kier molecular flexibility index (Phi) is 8.84. The first-order valence-corrected chi connectivity index (χ1v) is 3.38. The molecule has 0 bridgehead atoms. The fraction of sp³-hybridized carbons (Fsp3) is 0.714. The number of esters is 1. The number of ether oxygens (including phenoxy) is 1. The molecular weight excluding hydrogens is 160 g/mol. The van der Waals surface area contributed by atoms with E-state index in [1.54, 1.807) is 0 Å². The largest absolute Gasteiger partial charge is 0.468 e. The van der Waals surface area contributed by atoms with Crippen molar-refractivity contribution in [3.8, 4) is 0 Å². The Balaban J connectivity index is 0. The van der Waals surface area contributed by atoms with E-state index < -0.39 is 6.04 Å². The van der Waals surface area contributed by atoms with E-state index in [1.807, 2.05) is 13.8 Å². The highest BCUT2D eigenvalue weighted by molar-refractivity contribution is 5.75. The van der Waals surface area contributed by atoms with Crippen molar-refractivity contribution in [3.05, 3.63) is 0 Å². The molecular formula is C7H14N2O3. The molecule has 5 nitrogen and oxygen atoms in total. The van der Waals surface area contributed by atoms with Crippen molar-refractivity contribution in [2.45, 2.75) is 19.9 Å². The summed E-state index contributed by atoms with van der Waals surface area (Å²) < 4.78 is 4.41. The first-order chi connectivity index (χ1) is 5.51. The van der Waals surface area contributed by atoms with E-state index in [4.69, 9.17) is 15.9 Å². The Morgan fingerprint density at radius 2 is 1.92 bits per heavy atom. The Bertz CT molecular complexity index is 162. The zero-order chi connectivity index (χ0) is 10.1. The highest BCUT2D eigenvalue weighted by Gasteiger charge is 2.16. The van der Waals surface area contributed by atoms with Crippen molar-refractivity contribution >= 4 is 12.0 Å². The third-order valence-corrected chi connectivity index (χ3v) is 1.19. The molecule has 0 aromatic rings. The van der Waals surface area contributed by atoms with Gasteiger partial charge in [-0.2, -0.15) is 0 Å². The van der Waals surface area contributed by atoms with E-state index in [-0.39, 0.29) is 11.9 Å². The molecule has 0 aromatic carbocycles. The number of methoxy groups -OCH3 is 1. The topological polar surface area (TPSA) is 93.2 Å². The molecule has 0 rings (SSSR count). The molecule has 1 unspecified atom stereocenters. The van der Waals surface area contributed by atoms with E-state index in [9.17, 15) is 4.79 Å². The molecule has 0 amide bonds. The maximum atomic E-state index is 10.6. The predicted octanol–water partition coefficient (Wildman–Crippen LogP) is 0.0437. The number of nitrogens with one attached hydrogen (secondary N) is 1. The van der Waals surface area contributed by atoms with Crippen LogP contribution in [-0.4, -0.2) is 25.2 Å². The van der Waals surface area contributed by atoms with Crippen LogP contribution >= 0.6 is 0 Å². The monoisotopic (exact) mass is 174 g/mol. The fourth-order valence-corrected chi connectivity index (χ4v) is 0.408. The molecule has 0 radical (unpaired) electrons. The van der Waals surface area contributed by atoms with E-state index in [0.717, 1.165) is 6.08 Å². The Labute approximate surface area is 71.4 Å². The van der Waals surface area contributed by atoms with Crippen molar-refractivity contribution in [2.75, 3.05) is 7.11 Å². The van der Waals surface area contributed by atoms with Gasteiger partial charge in [-0.3, -0.25) is 4.79 Å². The average Bonchev–Trinajstić information content (AvgIpc) is 2.03. The molecule has 0 fully saturated rings. The zero-order valence-electron chi connectivity index (χ0n) is 7.46. The smallest absolute Gasteiger partial charge is 0.322 e. The van der Waals surface area contributed by atoms with Gasteiger partial charge in [0.05, 0.1) is 7.11 Å². The second kappa shape index (κ2) is 7.91. The number of rotatable bonds is 2. The lowest BCUT2D eigenvalue weighted by Crippen LogP contribution is -2.36. The van der Waals surface area contributed by atoms with Gasteiger partial charge in [-0.1, -0.05) is 13.8 Å². The van der Waals surface area contributed by atoms with Gasteiger partial charge in [0, 0.05) is 0 Å². The molecule has 0 saturated heterocycles.